The summed E-state index contributed by atoms with van der Waals surface area (Å²) in [6.07, 6.45) is 3.29. The van der Waals surface area contributed by atoms with E-state index < -0.39 is 0 Å². The van der Waals surface area contributed by atoms with Gasteiger partial charge in [0.15, 0.2) is 0 Å². The number of ether oxygens (including phenoxy) is 1. The Bertz CT molecular complexity index is 470. The van der Waals surface area contributed by atoms with E-state index in [2.05, 4.69) is 32.9 Å². The molecule has 0 spiro atoms. The zero-order chi connectivity index (χ0) is 14.9. The van der Waals surface area contributed by atoms with Crippen molar-refractivity contribution in [3.05, 3.63) is 30.3 Å². The molecular formula is C17H25BO3. The van der Waals surface area contributed by atoms with Crippen LogP contribution >= 0.6 is 0 Å². The Morgan fingerprint density at radius 2 is 1.71 bits per heavy atom. The maximum Gasteiger partial charge on any atom is 0.494 e. The van der Waals surface area contributed by atoms with Gasteiger partial charge in [-0.2, -0.15) is 0 Å². The summed E-state index contributed by atoms with van der Waals surface area (Å²) >= 11 is 0. The lowest BCUT2D eigenvalue weighted by Crippen LogP contribution is -2.46. The molecular weight excluding hydrogens is 263 g/mol. The highest BCUT2D eigenvalue weighted by Gasteiger charge is 2.55. The standard InChI is InChI=1S/C17H25BO3/c1-16(2)17(3,13-14-9-11-19-12-10-14)21-18(20-16)15-7-5-4-6-8-15/h4-8,14H,9-13H2,1-3H3. The summed E-state index contributed by atoms with van der Waals surface area (Å²) in [5.74, 6) is 0.668. The number of hydrogen-bond acceptors (Lipinski definition) is 3. The third-order valence-corrected chi connectivity index (χ3v) is 5.13. The Hall–Kier alpha value is -0.835. The van der Waals surface area contributed by atoms with Crippen LogP contribution in [-0.4, -0.2) is 31.5 Å². The molecule has 1 unspecified atom stereocenters. The van der Waals surface area contributed by atoms with E-state index in [1.165, 1.54) is 0 Å². The van der Waals surface area contributed by atoms with Crippen LogP contribution in [0.15, 0.2) is 30.3 Å². The Morgan fingerprint density at radius 1 is 1.05 bits per heavy atom. The highest BCUT2D eigenvalue weighted by Crippen LogP contribution is 2.42. The predicted octanol–water partition coefficient (Wildman–Crippen LogP) is 2.78. The summed E-state index contributed by atoms with van der Waals surface area (Å²) in [7, 11) is -0.258. The average Bonchev–Trinajstić information content (AvgIpc) is 2.71. The molecule has 0 amide bonds. The smallest absolute Gasteiger partial charge is 0.399 e. The minimum absolute atomic E-state index is 0.254. The van der Waals surface area contributed by atoms with Gasteiger partial charge in [-0.05, 0) is 51.4 Å². The molecule has 3 rings (SSSR count). The van der Waals surface area contributed by atoms with Crippen LogP contribution in [0.4, 0.5) is 0 Å². The van der Waals surface area contributed by atoms with Gasteiger partial charge in [-0.25, -0.2) is 0 Å². The first-order valence-corrected chi connectivity index (χ1v) is 7.98. The molecule has 2 fully saturated rings. The van der Waals surface area contributed by atoms with E-state index in [0.29, 0.717) is 5.92 Å². The van der Waals surface area contributed by atoms with Gasteiger partial charge >= 0.3 is 7.12 Å². The summed E-state index contributed by atoms with van der Waals surface area (Å²) in [5, 5.41) is 0. The van der Waals surface area contributed by atoms with E-state index in [1.54, 1.807) is 0 Å². The van der Waals surface area contributed by atoms with E-state index in [9.17, 15) is 0 Å². The molecule has 1 aromatic carbocycles. The normalized spacial score (nSPS) is 29.8. The first-order valence-electron chi connectivity index (χ1n) is 7.98. The summed E-state index contributed by atoms with van der Waals surface area (Å²) in [6.45, 7) is 8.25. The Kier molecular flexibility index (Phi) is 4.13. The molecule has 21 heavy (non-hydrogen) atoms. The molecule has 0 saturated carbocycles. The van der Waals surface area contributed by atoms with E-state index in [4.69, 9.17) is 14.0 Å². The van der Waals surface area contributed by atoms with Gasteiger partial charge in [0.1, 0.15) is 0 Å². The maximum absolute atomic E-state index is 6.39. The lowest BCUT2D eigenvalue weighted by molar-refractivity contribution is -0.0416. The van der Waals surface area contributed by atoms with Crippen LogP contribution in [0.1, 0.15) is 40.0 Å². The van der Waals surface area contributed by atoms with E-state index in [1.807, 2.05) is 18.2 Å². The molecule has 3 nitrogen and oxygen atoms in total. The minimum atomic E-state index is -0.286. The topological polar surface area (TPSA) is 27.7 Å². The monoisotopic (exact) mass is 288 g/mol. The van der Waals surface area contributed by atoms with E-state index in [0.717, 1.165) is 37.9 Å². The quantitative estimate of drug-likeness (QED) is 0.800. The molecule has 1 aromatic rings. The Labute approximate surface area is 128 Å². The highest BCUT2D eigenvalue weighted by atomic mass is 16.7. The van der Waals surface area contributed by atoms with Crippen LogP contribution in [0, 0.1) is 5.92 Å². The first kappa shape index (κ1) is 15.1. The predicted molar refractivity (Wildman–Crippen MR) is 84.6 cm³/mol. The van der Waals surface area contributed by atoms with E-state index >= 15 is 0 Å². The third-order valence-electron chi connectivity index (χ3n) is 5.13. The molecule has 114 valence electrons. The van der Waals surface area contributed by atoms with Gasteiger partial charge in [-0.15, -0.1) is 0 Å². The van der Waals surface area contributed by atoms with Gasteiger partial charge in [0.2, 0.25) is 0 Å². The fraction of sp³-hybridized carbons (Fsp3) is 0.647. The molecule has 0 bridgehead atoms. The summed E-state index contributed by atoms with van der Waals surface area (Å²) in [5.41, 5.74) is 0.558. The van der Waals surface area contributed by atoms with Crippen LogP contribution in [0.5, 0.6) is 0 Å². The number of hydrogen-bond donors (Lipinski definition) is 0. The van der Waals surface area contributed by atoms with Crippen molar-refractivity contribution in [3.8, 4) is 0 Å². The minimum Gasteiger partial charge on any atom is -0.399 e. The number of benzene rings is 1. The van der Waals surface area contributed by atoms with Gasteiger partial charge in [-0.3, -0.25) is 0 Å². The fourth-order valence-corrected chi connectivity index (χ4v) is 3.34. The second kappa shape index (κ2) is 5.75. The molecule has 0 aromatic heterocycles. The molecule has 2 heterocycles. The van der Waals surface area contributed by atoms with Crippen LogP contribution in [0.25, 0.3) is 0 Å². The highest BCUT2D eigenvalue weighted by molar-refractivity contribution is 6.62. The van der Waals surface area contributed by atoms with Crippen molar-refractivity contribution in [2.24, 2.45) is 5.92 Å². The van der Waals surface area contributed by atoms with Crippen LogP contribution < -0.4 is 5.46 Å². The van der Waals surface area contributed by atoms with Gasteiger partial charge in [0.25, 0.3) is 0 Å². The molecule has 0 N–H and O–H groups in total. The number of rotatable bonds is 3. The third kappa shape index (κ3) is 3.03. The summed E-state index contributed by atoms with van der Waals surface area (Å²) < 4.78 is 18.1. The Balaban J connectivity index is 1.74. The lowest BCUT2D eigenvalue weighted by Gasteiger charge is -2.39. The van der Waals surface area contributed by atoms with Gasteiger partial charge in [-0.1, -0.05) is 30.3 Å². The van der Waals surface area contributed by atoms with Crippen molar-refractivity contribution in [1.82, 2.24) is 0 Å². The second-order valence-corrected chi connectivity index (χ2v) is 6.98. The molecule has 1 atom stereocenters. The van der Waals surface area contributed by atoms with Crippen molar-refractivity contribution in [2.75, 3.05) is 13.2 Å². The first-order chi connectivity index (χ1) is 10.0. The molecule has 2 aliphatic heterocycles. The largest absolute Gasteiger partial charge is 0.494 e. The zero-order valence-corrected chi connectivity index (χ0v) is 13.3. The average molecular weight is 288 g/mol. The second-order valence-electron chi connectivity index (χ2n) is 6.98. The molecule has 0 radical (unpaired) electrons. The van der Waals surface area contributed by atoms with Crippen molar-refractivity contribution in [2.45, 2.75) is 51.2 Å². The van der Waals surface area contributed by atoms with Gasteiger partial charge in [0.05, 0.1) is 11.2 Å². The summed E-state index contributed by atoms with van der Waals surface area (Å²) in [4.78, 5) is 0. The zero-order valence-electron chi connectivity index (χ0n) is 13.3. The van der Waals surface area contributed by atoms with Crippen LogP contribution in [0.2, 0.25) is 0 Å². The van der Waals surface area contributed by atoms with Crippen molar-refractivity contribution in [1.29, 1.82) is 0 Å². The Morgan fingerprint density at radius 3 is 2.38 bits per heavy atom. The summed E-state index contributed by atoms with van der Waals surface area (Å²) in [6, 6.07) is 10.2. The van der Waals surface area contributed by atoms with Crippen molar-refractivity contribution in [3.63, 3.8) is 0 Å². The SMILES string of the molecule is CC1(C)OB(c2ccccc2)OC1(C)CC1CCOCC1. The van der Waals surface area contributed by atoms with Crippen molar-refractivity contribution < 1.29 is 14.0 Å². The molecule has 2 saturated heterocycles. The van der Waals surface area contributed by atoms with Crippen LogP contribution in [-0.2, 0) is 14.0 Å². The van der Waals surface area contributed by atoms with Gasteiger partial charge in [0, 0.05) is 13.2 Å². The lowest BCUT2D eigenvalue weighted by atomic mass is 9.77. The molecule has 2 aliphatic rings. The van der Waals surface area contributed by atoms with Crippen molar-refractivity contribution >= 4 is 12.6 Å². The van der Waals surface area contributed by atoms with E-state index in [-0.39, 0.29) is 18.3 Å². The van der Waals surface area contributed by atoms with Crippen LogP contribution in [0.3, 0.4) is 0 Å². The molecule has 4 heteroatoms. The fourth-order valence-electron chi connectivity index (χ4n) is 3.34. The van der Waals surface area contributed by atoms with Gasteiger partial charge < -0.3 is 14.0 Å². The molecule has 0 aliphatic carbocycles. The maximum atomic E-state index is 6.39.